The van der Waals surface area contributed by atoms with E-state index >= 15 is 0 Å². The molecule has 0 aromatic rings. The van der Waals surface area contributed by atoms with Crippen molar-refractivity contribution in [3.8, 4) is 0 Å². The molecule has 2 nitrogen and oxygen atoms in total. The van der Waals surface area contributed by atoms with Crippen LogP contribution >= 0.6 is 0 Å². The SMILES string of the molecule is C1CC2(CC2)CN1.C1CC2(CCN1)CC2. The van der Waals surface area contributed by atoms with Crippen LogP contribution in [-0.4, -0.2) is 26.2 Å². The van der Waals surface area contributed by atoms with Crippen molar-refractivity contribution in [1.29, 1.82) is 0 Å². The van der Waals surface area contributed by atoms with Gasteiger partial charge in [0.2, 0.25) is 0 Å². The average Bonchev–Trinajstić information content (AvgIpc) is 3.12. The predicted octanol–water partition coefficient (Wildman–Crippen LogP) is 1.91. The normalized spacial score (nSPS) is 33.6. The van der Waals surface area contributed by atoms with Gasteiger partial charge in [0.15, 0.2) is 0 Å². The van der Waals surface area contributed by atoms with Crippen molar-refractivity contribution < 1.29 is 0 Å². The summed E-state index contributed by atoms with van der Waals surface area (Å²) in [5.74, 6) is 0. The van der Waals surface area contributed by atoms with Gasteiger partial charge in [-0.1, -0.05) is 0 Å². The molecule has 0 amide bonds. The molecule has 2 heteroatoms. The minimum atomic E-state index is 0.833. The Labute approximate surface area is 93.2 Å². The molecule has 2 heterocycles. The van der Waals surface area contributed by atoms with Crippen LogP contribution in [0.15, 0.2) is 0 Å². The molecule has 15 heavy (non-hydrogen) atoms. The molecular formula is C13H24N2. The molecule has 4 aliphatic rings. The predicted molar refractivity (Wildman–Crippen MR) is 62.9 cm³/mol. The van der Waals surface area contributed by atoms with Crippen LogP contribution in [0.5, 0.6) is 0 Å². The highest BCUT2D eigenvalue weighted by Gasteiger charge is 2.44. The number of rotatable bonds is 0. The monoisotopic (exact) mass is 208 g/mol. The van der Waals surface area contributed by atoms with E-state index in [2.05, 4.69) is 10.6 Å². The van der Waals surface area contributed by atoms with Gasteiger partial charge in [0.1, 0.15) is 0 Å². The van der Waals surface area contributed by atoms with E-state index in [1.807, 2.05) is 0 Å². The summed E-state index contributed by atoms with van der Waals surface area (Å²) in [7, 11) is 0. The lowest BCUT2D eigenvalue weighted by atomic mass is 9.95. The first-order valence-electron chi connectivity index (χ1n) is 6.74. The molecule has 2 N–H and O–H groups in total. The minimum Gasteiger partial charge on any atom is -0.317 e. The van der Waals surface area contributed by atoms with Crippen molar-refractivity contribution in [1.82, 2.24) is 10.6 Å². The maximum Gasteiger partial charge on any atom is 0.000829 e. The third kappa shape index (κ3) is 2.36. The standard InChI is InChI=1S/C7H13N.C6H11N/c1-2-7(1)3-5-8-6-4-7;1-2-6(1)3-4-7-5-6/h8H,1-6H2;7H,1-5H2. The van der Waals surface area contributed by atoms with Gasteiger partial charge in [-0.25, -0.2) is 0 Å². The van der Waals surface area contributed by atoms with Crippen LogP contribution in [0, 0.1) is 10.8 Å². The third-order valence-corrected chi connectivity index (χ3v) is 4.91. The quantitative estimate of drug-likeness (QED) is 0.635. The summed E-state index contributed by atoms with van der Waals surface area (Å²) < 4.78 is 0. The van der Waals surface area contributed by atoms with E-state index in [-0.39, 0.29) is 0 Å². The summed E-state index contributed by atoms with van der Waals surface area (Å²) in [5, 5.41) is 6.76. The first-order valence-corrected chi connectivity index (χ1v) is 6.74. The molecule has 0 radical (unpaired) electrons. The second-order valence-corrected chi connectivity index (χ2v) is 6.18. The molecule has 2 saturated heterocycles. The van der Waals surface area contributed by atoms with Crippen LogP contribution in [0.1, 0.15) is 44.9 Å². The van der Waals surface area contributed by atoms with E-state index in [0.717, 1.165) is 10.8 Å². The van der Waals surface area contributed by atoms with E-state index in [1.54, 1.807) is 0 Å². The summed E-state index contributed by atoms with van der Waals surface area (Å²) in [6, 6.07) is 0. The zero-order chi connectivity index (χ0) is 10.2. The van der Waals surface area contributed by atoms with Crippen molar-refractivity contribution in [2.75, 3.05) is 26.2 Å². The Hall–Kier alpha value is -0.0800. The molecule has 86 valence electrons. The summed E-state index contributed by atoms with van der Waals surface area (Å²) in [6.07, 6.45) is 10.4. The van der Waals surface area contributed by atoms with Crippen molar-refractivity contribution in [2.45, 2.75) is 44.9 Å². The van der Waals surface area contributed by atoms with E-state index in [9.17, 15) is 0 Å². The molecule has 0 aromatic heterocycles. The smallest absolute Gasteiger partial charge is 0.000829 e. The first-order chi connectivity index (χ1) is 7.33. The third-order valence-electron chi connectivity index (χ3n) is 4.91. The van der Waals surface area contributed by atoms with Gasteiger partial charge in [0.05, 0.1) is 0 Å². The van der Waals surface area contributed by atoms with Crippen LogP contribution in [-0.2, 0) is 0 Å². The van der Waals surface area contributed by atoms with E-state index in [1.165, 1.54) is 71.1 Å². The highest BCUT2D eigenvalue weighted by Crippen LogP contribution is 2.52. The Balaban J connectivity index is 0.0000000971. The zero-order valence-corrected chi connectivity index (χ0v) is 9.78. The average molecular weight is 208 g/mol. The largest absolute Gasteiger partial charge is 0.317 e. The van der Waals surface area contributed by atoms with Gasteiger partial charge in [-0.05, 0) is 75.4 Å². The van der Waals surface area contributed by atoms with Crippen molar-refractivity contribution in [3.05, 3.63) is 0 Å². The van der Waals surface area contributed by atoms with E-state index in [0.29, 0.717) is 0 Å². The van der Waals surface area contributed by atoms with E-state index in [4.69, 9.17) is 0 Å². The summed E-state index contributed by atoms with van der Waals surface area (Å²) in [6.45, 7) is 5.15. The first kappa shape index (κ1) is 10.1. The van der Waals surface area contributed by atoms with Gasteiger partial charge >= 0.3 is 0 Å². The number of piperidine rings is 1. The fourth-order valence-electron chi connectivity index (χ4n) is 3.03. The van der Waals surface area contributed by atoms with Crippen molar-refractivity contribution >= 4 is 0 Å². The lowest BCUT2D eigenvalue weighted by molar-refractivity contribution is 0.353. The summed E-state index contributed by atoms with van der Waals surface area (Å²) >= 11 is 0. The lowest BCUT2D eigenvalue weighted by Crippen LogP contribution is -2.28. The number of nitrogens with one attached hydrogen (secondary N) is 2. The molecule has 4 fully saturated rings. The Morgan fingerprint density at radius 3 is 1.40 bits per heavy atom. The molecule has 2 saturated carbocycles. The van der Waals surface area contributed by atoms with Gasteiger partial charge in [-0.2, -0.15) is 0 Å². The Bertz CT molecular complexity index is 213. The van der Waals surface area contributed by atoms with Gasteiger partial charge in [0, 0.05) is 6.54 Å². The number of hydrogen-bond acceptors (Lipinski definition) is 2. The maximum absolute atomic E-state index is 3.38. The van der Waals surface area contributed by atoms with Gasteiger partial charge in [0.25, 0.3) is 0 Å². The fraction of sp³-hybridized carbons (Fsp3) is 1.00. The maximum atomic E-state index is 3.38. The Morgan fingerprint density at radius 1 is 0.533 bits per heavy atom. The van der Waals surface area contributed by atoms with Crippen LogP contribution < -0.4 is 10.6 Å². The molecular weight excluding hydrogens is 184 g/mol. The molecule has 2 aliphatic carbocycles. The second kappa shape index (κ2) is 3.74. The Morgan fingerprint density at radius 2 is 1.07 bits per heavy atom. The molecule has 2 aliphatic heterocycles. The second-order valence-electron chi connectivity index (χ2n) is 6.18. The van der Waals surface area contributed by atoms with Gasteiger partial charge < -0.3 is 10.6 Å². The van der Waals surface area contributed by atoms with Gasteiger partial charge in [-0.15, -0.1) is 0 Å². The van der Waals surface area contributed by atoms with Crippen LogP contribution in [0.2, 0.25) is 0 Å². The topological polar surface area (TPSA) is 24.1 Å². The summed E-state index contributed by atoms with van der Waals surface area (Å²) in [4.78, 5) is 0. The molecule has 0 unspecified atom stereocenters. The molecule has 0 bridgehead atoms. The van der Waals surface area contributed by atoms with E-state index < -0.39 is 0 Å². The van der Waals surface area contributed by atoms with Gasteiger partial charge in [-0.3, -0.25) is 0 Å². The van der Waals surface area contributed by atoms with Crippen molar-refractivity contribution in [2.24, 2.45) is 10.8 Å². The Kier molecular flexibility index (Phi) is 2.52. The molecule has 0 aromatic carbocycles. The lowest BCUT2D eigenvalue weighted by Gasteiger charge is -2.20. The van der Waals surface area contributed by atoms with Crippen molar-refractivity contribution in [3.63, 3.8) is 0 Å². The summed E-state index contributed by atoms with van der Waals surface area (Å²) in [5.41, 5.74) is 1.70. The zero-order valence-electron chi connectivity index (χ0n) is 9.78. The highest BCUT2D eigenvalue weighted by molar-refractivity contribution is 4.98. The van der Waals surface area contributed by atoms with Crippen LogP contribution in [0.3, 0.4) is 0 Å². The van der Waals surface area contributed by atoms with Crippen LogP contribution in [0.4, 0.5) is 0 Å². The number of hydrogen-bond donors (Lipinski definition) is 2. The highest BCUT2D eigenvalue weighted by atomic mass is 14.9. The molecule has 4 rings (SSSR count). The fourth-order valence-corrected chi connectivity index (χ4v) is 3.03. The van der Waals surface area contributed by atoms with Crippen LogP contribution in [0.25, 0.3) is 0 Å². The molecule has 2 spiro atoms. The molecule has 0 atom stereocenters. The minimum absolute atomic E-state index is 0.833.